The number of rotatable bonds is 4. The molecule has 5 heteroatoms. The van der Waals surface area contributed by atoms with E-state index in [2.05, 4.69) is 4.98 Å². The summed E-state index contributed by atoms with van der Waals surface area (Å²) in [6.07, 6.45) is -0.699. The highest BCUT2D eigenvalue weighted by atomic mass is 19.1. The number of nitrogens with zero attached hydrogens (tertiary/aromatic N) is 2. The van der Waals surface area contributed by atoms with Gasteiger partial charge in [0.2, 0.25) is 0 Å². The molecule has 0 aliphatic rings. The minimum absolute atomic E-state index is 0.218. The Morgan fingerprint density at radius 3 is 2.73 bits per heavy atom. The molecule has 1 aromatic heterocycles. The second-order valence-electron chi connectivity index (χ2n) is 5.19. The van der Waals surface area contributed by atoms with Gasteiger partial charge in [-0.25, -0.2) is 9.37 Å². The van der Waals surface area contributed by atoms with Crippen molar-refractivity contribution in [3.8, 4) is 5.75 Å². The number of imidazole rings is 1. The van der Waals surface area contributed by atoms with Gasteiger partial charge in [-0.3, -0.25) is 0 Å². The summed E-state index contributed by atoms with van der Waals surface area (Å²) in [6, 6.07) is 12.5. The van der Waals surface area contributed by atoms with E-state index >= 15 is 0 Å². The topological polar surface area (TPSA) is 47.3 Å². The lowest BCUT2D eigenvalue weighted by atomic mass is 10.2. The zero-order valence-electron chi connectivity index (χ0n) is 12.5. The first-order chi connectivity index (χ1) is 10.6. The Balaban J connectivity index is 2.06. The van der Waals surface area contributed by atoms with E-state index in [-0.39, 0.29) is 5.75 Å². The molecule has 2 aromatic carbocycles. The van der Waals surface area contributed by atoms with Crippen LogP contribution in [0.25, 0.3) is 11.0 Å². The monoisotopic (exact) mass is 300 g/mol. The number of para-hydroxylation sites is 2. The highest BCUT2D eigenvalue weighted by molar-refractivity contribution is 5.76. The molecular weight excluding hydrogens is 283 g/mol. The first-order valence-electron chi connectivity index (χ1n) is 7.06. The van der Waals surface area contributed by atoms with Crippen molar-refractivity contribution in [2.75, 3.05) is 7.11 Å². The van der Waals surface area contributed by atoms with Crippen LogP contribution < -0.4 is 4.74 Å². The molecule has 3 rings (SSSR count). The van der Waals surface area contributed by atoms with Gasteiger partial charge in [-0.2, -0.15) is 0 Å². The largest absolute Gasteiger partial charge is 0.494 e. The summed E-state index contributed by atoms with van der Waals surface area (Å²) in [4.78, 5) is 4.46. The normalized spacial score (nSPS) is 12.5. The number of fused-ring (bicyclic) bond motifs is 1. The van der Waals surface area contributed by atoms with Gasteiger partial charge in [-0.05, 0) is 36.8 Å². The number of halogens is 1. The molecule has 1 atom stereocenters. The molecule has 0 aliphatic heterocycles. The van der Waals surface area contributed by atoms with Crippen molar-refractivity contribution in [3.63, 3.8) is 0 Å². The molecule has 114 valence electrons. The van der Waals surface area contributed by atoms with Gasteiger partial charge in [-0.15, -0.1) is 0 Å². The summed E-state index contributed by atoms with van der Waals surface area (Å²) in [5.74, 6) is 0.385. The van der Waals surface area contributed by atoms with Gasteiger partial charge < -0.3 is 14.4 Å². The van der Waals surface area contributed by atoms with Crippen molar-refractivity contribution in [2.24, 2.45) is 0 Å². The Labute approximate surface area is 127 Å². The van der Waals surface area contributed by atoms with Gasteiger partial charge in [0.25, 0.3) is 0 Å². The zero-order valence-corrected chi connectivity index (χ0v) is 12.5. The molecule has 1 N–H and O–H groups in total. The quantitative estimate of drug-likeness (QED) is 0.804. The number of methoxy groups -OCH3 is 1. The lowest BCUT2D eigenvalue weighted by Gasteiger charge is -2.12. The summed E-state index contributed by atoms with van der Waals surface area (Å²) in [5, 5.41) is 9.94. The molecule has 0 unspecified atom stereocenters. The van der Waals surface area contributed by atoms with Crippen LogP contribution in [0.15, 0.2) is 42.5 Å². The lowest BCUT2D eigenvalue weighted by Crippen LogP contribution is -2.08. The van der Waals surface area contributed by atoms with Gasteiger partial charge in [0.1, 0.15) is 11.9 Å². The Morgan fingerprint density at radius 1 is 1.27 bits per heavy atom. The van der Waals surface area contributed by atoms with Crippen LogP contribution in [-0.2, 0) is 6.54 Å². The van der Waals surface area contributed by atoms with Crippen LogP contribution in [0.3, 0.4) is 0 Å². The molecule has 4 nitrogen and oxygen atoms in total. The molecule has 3 aromatic rings. The third kappa shape index (κ3) is 2.55. The van der Waals surface area contributed by atoms with Crippen LogP contribution in [0.1, 0.15) is 24.4 Å². The van der Waals surface area contributed by atoms with E-state index < -0.39 is 11.9 Å². The van der Waals surface area contributed by atoms with E-state index in [1.165, 1.54) is 13.2 Å². The van der Waals surface area contributed by atoms with Crippen molar-refractivity contribution in [1.29, 1.82) is 0 Å². The van der Waals surface area contributed by atoms with Gasteiger partial charge in [0, 0.05) is 6.54 Å². The van der Waals surface area contributed by atoms with Crippen LogP contribution in [0.5, 0.6) is 5.75 Å². The maximum atomic E-state index is 13.9. The third-order valence-corrected chi connectivity index (χ3v) is 3.61. The first kappa shape index (κ1) is 14.5. The van der Waals surface area contributed by atoms with E-state index in [9.17, 15) is 9.50 Å². The summed E-state index contributed by atoms with van der Waals surface area (Å²) in [5.41, 5.74) is 2.50. The summed E-state index contributed by atoms with van der Waals surface area (Å²) >= 11 is 0. The van der Waals surface area contributed by atoms with Gasteiger partial charge in [0.15, 0.2) is 11.6 Å². The summed E-state index contributed by atoms with van der Waals surface area (Å²) in [7, 11) is 1.44. The smallest absolute Gasteiger partial charge is 0.165 e. The van der Waals surface area contributed by atoms with E-state index in [0.29, 0.717) is 12.4 Å². The molecule has 0 spiro atoms. The molecule has 0 bridgehead atoms. The SMILES string of the molecule is COc1ccc(Cn2c([C@H](C)O)nc3ccccc32)cc1F. The van der Waals surface area contributed by atoms with Crippen LogP contribution >= 0.6 is 0 Å². The molecule has 0 aliphatic carbocycles. The number of aromatic nitrogens is 2. The fourth-order valence-corrected chi connectivity index (χ4v) is 2.57. The highest BCUT2D eigenvalue weighted by Gasteiger charge is 2.15. The number of hydrogen-bond donors (Lipinski definition) is 1. The molecule has 1 heterocycles. The van der Waals surface area contributed by atoms with Crippen molar-refractivity contribution in [2.45, 2.75) is 19.6 Å². The molecule has 0 amide bonds. The Kier molecular flexibility index (Phi) is 3.81. The Morgan fingerprint density at radius 2 is 2.05 bits per heavy atom. The fourth-order valence-electron chi connectivity index (χ4n) is 2.57. The van der Waals surface area contributed by atoms with Crippen LogP contribution in [0.2, 0.25) is 0 Å². The van der Waals surface area contributed by atoms with E-state index in [4.69, 9.17) is 4.74 Å². The van der Waals surface area contributed by atoms with Gasteiger partial charge in [-0.1, -0.05) is 18.2 Å². The second-order valence-corrected chi connectivity index (χ2v) is 5.19. The predicted molar refractivity (Wildman–Crippen MR) is 82.4 cm³/mol. The average Bonchev–Trinajstić information content (AvgIpc) is 2.87. The molecule has 0 fully saturated rings. The third-order valence-electron chi connectivity index (χ3n) is 3.61. The standard InChI is InChI=1S/C17H17FN2O2/c1-11(21)17-19-14-5-3-4-6-15(14)20(17)10-12-7-8-16(22-2)13(18)9-12/h3-9,11,21H,10H2,1-2H3/t11-/m0/s1. The van der Waals surface area contributed by atoms with Crippen molar-refractivity contribution >= 4 is 11.0 Å². The number of benzene rings is 2. The average molecular weight is 300 g/mol. The van der Waals surface area contributed by atoms with Crippen molar-refractivity contribution in [1.82, 2.24) is 9.55 Å². The molecular formula is C17H17FN2O2. The number of aliphatic hydroxyl groups is 1. The van der Waals surface area contributed by atoms with Gasteiger partial charge in [0.05, 0.1) is 18.1 Å². The molecule has 0 saturated heterocycles. The van der Waals surface area contributed by atoms with Crippen molar-refractivity contribution in [3.05, 3.63) is 59.7 Å². The zero-order chi connectivity index (χ0) is 15.7. The Bertz CT molecular complexity index is 812. The van der Waals surface area contributed by atoms with E-state index in [0.717, 1.165) is 16.6 Å². The van der Waals surface area contributed by atoms with Crippen LogP contribution in [-0.4, -0.2) is 21.8 Å². The van der Waals surface area contributed by atoms with Crippen molar-refractivity contribution < 1.29 is 14.2 Å². The first-order valence-corrected chi connectivity index (χ1v) is 7.06. The van der Waals surface area contributed by atoms with Gasteiger partial charge >= 0.3 is 0 Å². The molecule has 22 heavy (non-hydrogen) atoms. The predicted octanol–water partition coefficient (Wildman–Crippen LogP) is 3.29. The maximum absolute atomic E-state index is 13.9. The van der Waals surface area contributed by atoms with Crippen LogP contribution in [0.4, 0.5) is 4.39 Å². The minimum atomic E-state index is -0.699. The Hall–Kier alpha value is -2.40. The lowest BCUT2D eigenvalue weighted by molar-refractivity contribution is 0.185. The highest BCUT2D eigenvalue weighted by Crippen LogP contribution is 2.24. The summed E-state index contributed by atoms with van der Waals surface area (Å²) in [6.45, 7) is 2.11. The number of hydrogen-bond acceptors (Lipinski definition) is 3. The maximum Gasteiger partial charge on any atom is 0.165 e. The number of ether oxygens (including phenoxy) is 1. The molecule has 0 radical (unpaired) electrons. The number of aliphatic hydroxyl groups excluding tert-OH is 1. The van der Waals surface area contributed by atoms with Crippen LogP contribution in [0, 0.1) is 5.82 Å². The second kappa shape index (κ2) is 5.77. The molecule has 0 saturated carbocycles. The minimum Gasteiger partial charge on any atom is -0.494 e. The van der Waals surface area contributed by atoms with E-state index in [1.807, 2.05) is 34.9 Å². The fraction of sp³-hybridized carbons (Fsp3) is 0.235. The summed E-state index contributed by atoms with van der Waals surface area (Å²) < 4.78 is 20.7. The van der Waals surface area contributed by atoms with E-state index in [1.54, 1.807) is 13.0 Å².